The highest BCUT2D eigenvalue weighted by Gasteiger charge is 2.46. The number of hydrogen-bond acceptors (Lipinski definition) is 5. The number of ketones is 1. The summed E-state index contributed by atoms with van der Waals surface area (Å²) < 4.78 is 23.9. The van der Waals surface area contributed by atoms with Crippen LogP contribution >= 0.6 is 0 Å². The molecular weight excluding hydrogens is 437 g/mol. The highest BCUT2D eigenvalue weighted by Crippen LogP contribution is 2.41. The molecule has 6 nitrogen and oxygen atoms in total. The Hall–Kier alpha value is -4.13. The number of rotatable bonds is 7. The number of aliphatic hydroxyl groups excluding tert-OH is 1. The average Bonchev–Trinajstić information content (AvgIpc) is 3.13. The van der Waals surface area contributed by atoms with Crippen molar-refractivity contribution in [2.24, 2.45) is 0 Å². The predicted molar refractivity (Wildman–Crippen MR) is 125 cm³/mol. The number of Topliss-reactive ketones (excluding diaryl/α,β-unsaturated/α-hetero) is 1. The SMILES string of the molecule is COc1ccc(/C(O)=C2/C(=O)C(=O)N(CCc3ccc(F)cc3)C2c2ccccc2)c(OC)c1. The van der Waals surface area contributed by atoms with Crippen LogP contribution in [0, 0.1) is 5.82 Å². The van der Waals surface area contributed by atoms with Crippen LogP contribution in [0.3, 0.4) is 0 Å². The molecule has 1 amide bonds. The molecule has 4 rings (SSSR count). The summed E-state index contributed by atoms with van der Waals surface area (Å²) in [6.07, 6.45) is 0.419. The minimum absolute atomic E-state index is 0.0150. The summed E-state index contributed by atoms with van der Waals surface area (Å²) in [4.78, 5) is 27.7. The van der Waals surface area contributed by atoms with Crippen LogP contribution in [0.4, 0.5) is 4.39 Å². The van der Waals surface area contributed by atoms with E-state index in [1.807, 2.05) is 18.2 Å². The van der Waals surface area contributed by atoms with Crippen molar-refractivity contribution in [1.82, 2.24) is 4.90 Å². The summed E-state index contributed by atoms with van der Waals surface area (Å²) in [5.74, 6) is -1.32. The largest absolute Gasteiger partial charge is 0.507 e. The van der Waals surface area contributed by atoms with Crippen LogP contribution in [0.15, 0.2) is 78.4 Å². The van der Waals surface area contributed by atoms with Crippen molar-refractivity contribution < 1.29 is 28.6 Å². The Balaban J connectivity index is 1.79. The lowest BCUT2D eigenvalue weighted by Crippen LogP contribution is -2.31. The molecule has 0 radical (unpaired) electrons. The van der Waals surface area contributed by atoms with Gasteiger partial charge < -0.3 is 19.5 Å². The smallest absolute Gasteiger partial charge is 0.295 e. The average molecular weight is 461 g/mol. The van der Waals surface area contributed by atoms with Crippen LogP contribution in [-0.4, -0.2) is 42.5 Å². The molecule has 1 heterocycles. The van der Waals surface area contributed by atoms with E-state index in [0.29, 0.717) is 23.5 Å². The summed E-state index contributed by atoms with van der Waals surface area (Å²) in [5.41, 5.74) is 1.78. The number of ether oxygens (including phenoxy) is 2. The topological polar surface area (TPSA) is 76.1 Å². The van der Waals surface area contributed by atoms with E-state index in [4.69, 9.17) is 9.47 Å². The Morgan fingerprint density at radius 1 is 0.971 bits per heavy atom. The number of halogens is 1. The Kier molecular flexibility index (Phi) is 6.63. The van der Waals surface area contributed by atoms with Crippen LogP contribution in [0.2, 0.25) is 0 Å². The highest BCUT2D eigenvalue weighted by atomic mass is 19.1. The molecule has 0 aliphatic carbocycles. The van der Waals surface area contributed by atoms with Crippen LogP contribution in [0.1, 0.15) is 22.7 Å². The first-order valence-corrected chi connectivity index (χ1v) is 10.7. The summed E-state index contributed by atoms with van der Waals surface area (Å²) >= 11 is 0. The van der Waals surface area contributed by atoms with Crippen molar-refractivity contribution in [3.63, 3.8) is 0 Å². The lowest BCUT2D eigenvalue weighted by atomic mass is 9.95. The van der Waals surface area contributed by atoms with E-state index in [9.17, 15) is 19.1 Å². The van der Waals surface area contributed by atoms with Crippen LogP contribution < -0.4 is 9.47 Å². The number of amides is 1. The number of methoxy groups -OCH3 is 2. The minimum Gasteiger partial charge on any atom is -0.507 e. The lowest BCUT2D eigenvalue weighted by Gasteiger charge is -2.25. The molecule has 0 spiro atoms. The molecule has 1 fully saturated rings. The first-order valence-electron chi connectivity index (χ1n) is 10.7. The number of carbonyl (C=O) groups excluding carboxylic acids is 2. The number of likely N-dealkylation sites (tertiary alicyclic amines) is 1. The van der Waals surface area contributed by atoms with Gasteiger partial charge in [-0.15, -0.1) is 0 Å². The monoisotopic (exact) mass is 461 g/mol. The predicted octanol–water partition coefficient (Wildman–Crippen LogP) is 4.51. The van der Waals surface area contributed by atoms with Gasteiger partial charge in [-0.1, -0.05) is 42.5 Å². The number of hydrogen-bond donors (Lipinski definition) is 1. The zero-order chi connectivity index (χ0) is 24.2. The standard InChI is InChI=1S/C27H24FNO5/c1-33-20-12-13-21(22(16-20)34-2)25(30)23-24(18-6-4-3-5-7-18)29(27(32)26(23)31)15-14-17-8-10-19(28)11-9-17/h3-13,16,24,30H,14-15H2,1-2H3/b25-23-. The van der Waals surface area contributed by atoms with Gasteiger partial charge in [0, 0.05) is 12.6 Å². The molecule has 1 aliphatic heterocycles. The number of nitrogens with zero attached hydrogens (tertiary/aromatic N) is 1. The summed E-state index contributed by atoms with van der Waals surface area (Å²) in [7, 11) is 2.96. The second kappa shape index (κ2) is 9.79. The second-order valence-corrected chi connectivity index (χ2v) is 7.85. The van der Waals surface area contributed by atoms with Crippen molar-refractivity contribution in [2.75, 3.05) is 20.8 Å². The number of aliphatic hydroxyl groups is 1. The molecule has 1 N–H and O–H groups in total. The fraction of sp³-hybridized carbons (Fsp3) is 0.185. The van der Waals surface area contributed by atoms with Crippen molar-refractivity contribution >= 4 is 17.4 Å². The minimum atomic E-state index is -0.784. The van der Waals surface area contributed by atoms with E-state index in [2.05, 4.69) is 0 Å². The molecule has 7 heteroatoms. The van der Waals surface area contributed by atoms with Crippen molar-refractivity contribution in [3.8, 4) is 11.5 Å². The van der Waals surface area contributed by atoms with Crippen LogP contribution in [0.25, 0.3) is 5.76 Å². The number of benzene rings is 3. The molecule has 1 aliphatic rings. The molecule has 1 unspecified atom stereocenters. The zero-order valence-electron chi connectivity index (χ0n) is 18.8. The molecule has 174 valence electrons. The Labute approximate surface area is 196 Å². The van der Waals surface area contributed by atoms with E-state index < -0.39 is 17.7 Å². The highest BCUT2D eigenvalue weighted by molar-refractivity contribution is 6.46. The fourth-order valence-corrected chi connectivity index (χ4v) is 4.13. The first-order chi connectivity index (χ1) is 16.4. The van der Waals surface area contributed by atoms with Gasteiger partial charge in [-0.3, -0.25) is 9.59 Å². The van der Waals surface area contributed by atoms with Gasteiger partial charge in [0.2, 0.25) is 0 Å². The molecule has 0 aromatic heterocycles. The van der Waals surface area contributed by atoms with E-state index in [-0.39, 0.29) is 29.3 Å². The van der Waals surface area contributed by atoms with Crippen molar-refractivity contribution in [3.05, 3.63) is 101 Å². The van der Waals surface area contributed by atoms with E-state index >= 15 is 0 Å². The molecule has 3 aromatic carbocycles. The zero-order valence-corrected chi connectivity index (χ0v) is 18.8. The maximum Gasteiger partial charge on any atom is 0.295 e. The van der Waals surface area contributed by atoms with Crippen LogP contribution in [-0.2, 0) is 16.0 Å². The Bertz CT molecular complexity index is 1240. The maximum absolute atomic E-state index is 13.3. The van der Waals surface area contributed by atoms with Gasteiger partial charge in [-0.05, 0) is 41.8 Å². The molecule has 1 atom stereocenters. The maximum atomic E-state index is 13.3. The lowest BCUT2D eigenvalue weighted by molar-refractivity contribution is -0.139. The molecule has 3 aromatic rings. The summed E-state index contributed by atoms with van der Waals surface area (Å²) in [6, 6.07) is 19.1. The fourth-order valence-electron chi connectivity index (χ4n) is 4.13. The van der Waals surface area contributed by atoms with Gasteiger partial charge in [0.05, 0.1) is 31.4 Å². The van der Waals surface area contributed by atoms with Gasteiger partial charge in [-0.2, -0.15) is 0 Å². The van der Waals surface area contributed by atoms with Gasteiger partial charge in [-0.25, -0.2) is 4.39 Å². The summed E-state index contributed by atoms with van der Waals surface area (Å²) in [6.45, 7) is 0.215. The molecule has 0 saturated carbocycles. The van der Waals surface area contributed by atoms with Gasteiger partial charge in [0.15, 0.2) is 0 Å². The first kappa shape index (κ1) is 23.0. The van der Waals surface area contributed by atoms with Crippen LogP contribution in [0.5, 0.6) is 11.5 Å². The quantitative estimate of drug-likeness (QED) is 0.318. The molecule has 1 saturated heterocycles. The Morgan fingerprint density at radius 3 is 2.32 bits per heavy atom. The summed E-state index contributed by atoms with van der Waals surface area (Å²) in [5, 5.41) is 11.3. The third kappa shape index (κ3) is 4.37. The van der Waals surface area contributed by atoms with Gasteiger partial charge >= 0.3 is 0 Å². The normalized spacial score (nSPS) is 17.1. The third-order valence-electron chi connectivity index (χ3n) is 5.87. The third-order valence-corrected chi connectivity index (χ3v) is 5.87. The van der Waals surface area contributed by atoms with Crippen molar-refractivity contribution in [2.45, 2.75) is 12.5 Å². The van der Waals surface area contributed by atoms with Gasteiger partial charge in [0.25, 0.3) is 11.7 Å². The molecule has 0 bridgehead atoms. The van der Waals surface area contributed by atoms with E-state index in [1.54, 1.807) is 42.5 Å². The second-order valence-electron chi connectivity index (χ2n) is 7.85. The van der Waals surface area contributed by atoms with Gasteiger partial charge in [0.1, 0.15) is 23.1 Å². The Morgan fingerprint density at radius 2 is 1.68 bits per heavy atom. The van der Waals surface area contributed by atoms with Crippen molar-refractivity contribution in [1.29, 1.82) is 0 Å². The van der Waals surface area contributed by atoms with E-state index in [1.165, 1.54) is 31.3 Å². The number of carbonyl (C=O) groups is 2. The van der Waals surface area contributed by atoms with E-state index in [0.717, 1.165) is 5.56 Å². The molecule has 34 heavy (non-hydrogen) atoms. The molecular formula is C27H24FNO5.